The first-order valence-electron chi connectivity index (χ1n) is 6.64. The van der Waals surface area contributed by atoms with Gasteiger partial charge in [0, 0.05) is 32.0 Å². The quantitative estimate of drug-likeness (QED) is 0.868. The lowest BCUT2D eigenvalue weighted by atomic mass is 10.1. The van der Waals surface area contributed by atoms with Crippen LogP contribution in [0.2, 0.25) is 0 Å². The Kier molecular flexibility index (Phi) is 4.76. The maximum Gasteiger partial charge on any atom is 0.122 e. The smallest absolute Gasteiger partial charge is 0.122 e. The molecule has 2 aromatic rings. The van der Waals surface area contributed by atoms with E-state index >= 15 is 0 Å². The summed E-state index contributed by atoms with van der Waals surface area (Å²) < 4.78 is 7.17. The summed E-state index contributed by atoms with van der Waals surface area (Å²) in [6.07, 6.45) is 3.76. The zero-order chi connectivity index (χ0) is 14.5. The Morgan fingerprint density at radius 3 is 2.60 bits per heavy atom. The van der Waals surface area contributed by atoms with Gasteiger partial charge in [-0.3, -0.25) is 4.90 Å². The molecule has 0 saturated heterocycles. The number of hydrogen-bond acceptors (Lipinski definition) is 4. The van der Waals surface area contributed by atoms with Crippen LogP contribution in [0.15, 0.2) is 36.7 Å². The fraction of sp³-hybridized carbons (Fsp3) is 0.400. The molecule has 2 N–H and O–H groups in total. The summed E-state index contributed by atoms with van der Waals surface area (Å²) in [6, 6.07) is 7.88. The van der Waals surface area contributed by atoms with Crippen LogP contribution in [0, 0.1) is 0 Å². The summed E-state index contributed by atoms with van der Waals surface area (Å²) in [5.41, 5.74) is 7.35. The number of nitrogens with two attached hydrogens (primary N) is 1. The predicted octanol–water partition coefficient (Wildman–Crippen LogP) is 1.56. The molecule has 0 spiro atoms. The van der Waals surface area contributed by atoms with E-state index in [1.54, 1.807) is 7.11 Å². The summed E-state index contributed by atoms with van der Waals surface area (Å²) in [7, 11) is 5.72. The lowest BCUT2D eigenvalue weighted by molar-refractivity contribution is 0.295. The summed E-state index contributed by atoms with van der Waals surface area (Å²) in [6.45, 7) is 1.56. The Balaban J connectivity index is 1.92. The minimum atomic E-state index is -0.0221. The highest BCUT2D eigenvalue weighted by Gasteiger charge is 2.11. The van der Waals surface area contributed by atoms with E-state index in [0.717, 1.165) is 30.2 Å². The van der Waals surface area contributed by atoms with Crippen LogP contribution < -0.4 is 10.5 Å². The van der Waals surface area contributed by atoms with E-state index in [-0.39, 0.29) is 6.04 Å². The molecule has 5 heteroatoms. The average molecular weight is 274 g/mol. The van der Waals surface area contributed by atoms with Crippen LogP contribution in [0.5, 0.6) is 5.75 Å². The highest BCUT2D eigenvalue weighted by molar-refractivity contribution is 5.29. The molecule has 0 amide bonds. The number of methoxy groups -OCH3 is 1. The zero-order valence-electron chi connectivity index (χ0n) is 12.3. The highest BCUT2D eigenvalue weighted by atomic mass is 16.5. The van der Waals surface area contributed by atoms with Crippen LogP contribution in [-0.4, -0.2) is 35.2 Å². The van der Waals surface area contributed by atoms with Crippen molar-refractivity contribution in [1.82, 2.24) is 14.5 Å². The first-order valence-corrected chi connectivity index (χ1v) is 6.64. The molecule has 1 atom stereocenters. The van der Waals surface area contributed by atoms with Crippen molar-refractivity contribution in [3.05, 3.63) is 48.0 Å². The van der Waals surface area contributed by atoms with Crippen molar-refractivity contribution in [1.29, 1.82) is 0 Å². The monoisotopic (exact) mass is 274 g/mol. The van der Waals surface area contributed by atoms with Crippen molar-refractivity contribution in [3.63, 3.8) is 0 Å². The SMILES string of the molecule is COc1ccc(C(N)CN(C)Cc2nccn2C)cc1. The van der Waals surface area contributed by atoms with Gasteiger partial charge in [-0.05, 0) is 24.7 Å². The zero-order valence-corrected chi connectivity index (χ0v) is 12.3. The molecule has 5 nitrogen and oxygen atoms in total. The van der Waals surface area contributed by atoms with Gasteiger partial charge in [-0.15, -0.1) is 0 Å². The molecule has 1 aromatic heterocycles. The van der Waals surface area contributed by atoms with E-state index in [0.29, 0.717) is 0 Å². The van der Waals surface area contributed by atoms with Gasteiger partial charge in [0.25, 0.3) is 0 Å². The van der Waals surface area contributed by atoms with Crippen molar-refractivity contribution in [2.24, 2.45) is 12.8 Å². The molecular formula is C15H22N4O. The largest absolute Gasteiger partial charge is 0.497 e. The fourth-order valence-electron chi connectivity index (χ4n) is 2.15. The number of ether oxygens (including phenoxy) is 1. The van der Waals surface area contributed by atoms with Crippen LogP contribution in [0.3, 0.4) is 0 Å². The van der Waals surface area contributed by atoms with Gasteiger partial charge in [0.2, 0.25) is 0 Å². The van der Waals surface area contributed by atoms with Crippen molar-refractivity contribution in [2.45, 2.75) is 12.6 Å². The second kappa shape index (κ2) is 6.54. The van der Waals surface area contributed by atoms with Gasteiger partial charge in [0.15, 0.2) is 0 Å². The minimum Gasteiger partial charge on any atom is -0.497 e. The number of imidazole rings is 1. The first-order chi connectivity index (χ1) is 9.60. The van der Waals surface area contributed by atoms with Crippen LogP contribution in [0.1, 0.15) is 17.4 Å². The Hall–Kier alpha value is -1.85. The van der Waals surface area contributed by atoms with Gasteiger partial charge < -0.3 is 15.0 Å². The van der Waals surface area contributed by atoms with Gasteiger partial charge in [-0.25, -0.2) is 4.98 Å². The molecule has 2 rings (SSSR count). The summed E-state index contributed by atoms with van der Waals surface area (Å²) in [5, 5.41) is 0. The molecule has 0 aliphatic carbocycles. The van der Waals surface area contributed by atoms with E-state index in [2.05, 4.69) is 16.9 Å². The maximum absolute atomic E-state index is 6.24. The molecule has 0 bridgehead atoms. The summed E-state index contributed by atoms with van der Waals surface area (Å²) >= 11 is 0. The number of rotatable bonds is 6. The van der Waals surface area contributed by atoms with Crippen molar-refractivity contribution < 1.29 is 4.74 Å². The number of benzene rings is 1. The molecule has 1 aromatic carbocycles. The number of aromatic nitrogens is 2. The molecule has 20 heavy (non-hydrogen) atoms. The average Bonchev–Trinajstić information content (AvgIpc) is 2.84. The molecule has 0 fully saturated rings. The number of aryl methyl sites for hydroxylation is 1. The van der Waals surface area contributed by atoms with E-state index in [4.69, 9.17) is 10.5 Å². The Labute approximate surface area is 120 Å². The lowest BCUT2D eigenvalue weighted by Gasteiger charge is -2.21. The second-order valence-electron chi connectivity index (χ2n) is 5.03. The van der Waals surface area contributed by atoms with E-state index in [9.17, 15) is 0 Å². The number of nitrogens with zero attached hydrogens (tertiary/aromatic N) is 3. The maximum atomic E-state index is 6.24. The van der Waals surface area contributed by atoms with Gasteiger partial charge >= 0.3 is 0 Å². The summed E-state index contributed by atoms with van der Waals surface area (Å²) in [5.74, 6) is 1.89. The number of likely N-dealkylation sites (N-methyl/N-ethyl adjacent to an activating group) is 1. The van der Waals surface area contributed by atoms with Crippen LogP contribution in [0.4, 0.5) is 0 Å². The first kappa shape index (κ1) is 14.6. The molecule has 108 valence electrons. The van der Waals surface area contributed by atoms with Crippen LogP contribution in [-0.2, 0) is 13.6 Å². The lowest BCUT2D eigenvalue weighted by Crippen LogP contribution is -2.29. The van der Waals surface area contributed by atoms with E-state index in [1.807, 2.05) is 48.3 Å². The van der Waals surface area contributed by atoms with Gasteiger partial charge in [-0.1, -0.05) is 12.1 Å². The van der Waals surface area contributed by atoms with Crippen LogP contribution >= 0.6 is 0 Å². The van der Waals surface area contributed by atoms with Gasteiger partial charge in [0.05, 0.1) is 13.7 Å². The molecule has 1 heterocycles. The van der Waals surface area contributed by atoms with Crippen molar-refractivity contribution >= 4 is 0 Å². The van der Waals surface area contributed by atoms with Crippen molar-refractivity contribution in [3.8, 4) is 5.75 Å². The third-order valence-corrected chi connectivity index (χ3v) is 3.38. The minimum absolute atomic E-state index is 0.0221. The molecular weight excluding hydrogens is 252 g/mol. The van der Waals surface area contributed by atoms with Crippen molar-refractivity contribution in [2.75, 3.05) is 20.7 Å². The Bertz CT molecular complexity index is 535. The molecule has 0 aliphatic rings. The van der Waals surface area contributed by atoms with E-state index in [1.165, 1.54) is 0 Å². The number of hydrogen-bond donors (Lipinski definition) is 1. The van der Waals surface area contributed by atoms with Gasteiger partial charge in [-0.2, -0.15) is 0 Å². The predicted molar refractivity (Wildman–Crippen MR) is 79.5 cm³/mol. The molecule has 0 aliphatic heterocycles. The van der Waals surface area contributed by atoms with Gasteiger partial charge in [0.1, 0.15) is 11.6 Å². The normalized spacial score (nSPS) is 12.7. The second-order valence-corrected chi connectivity index (χ2v) is 5.03. The van der Waals surface area contributed by atoms with E-state index < -0.39 is 0 Å². The van der Waals surface area contributed by atoms with Crippen LogP contribution in [0.25, 0.3) is 0 Å². The topological polar surface area (TPSA) is 56.3 Å². The Morgan fingerprint density at radius 2 is 2.05 bits per heavy atom. The third-order valence-electron chi connectivity index (χ3n) is 3.38. The molecule has 1 unspecified atom stereocenters. The molecule has 0 saturated carbocycles. The Morgan fingerprint density at radius 1 is 1.35 bits per heavy atom. The third kappa shape index (κ3) is 3.59. The highest BCUT2D eigenvalue weighted by Crippen LogP contribution is 2.17. The molecule has 0 radical (unpaired) electrons. The standard InChI is InChI=1S/C15H22N4O/c1-18(11-15-17-8-9-19(15)2)10-14(16)12-4-6-13(20-3)7-5-12/h4-9,14H,10-11,16H2,1-3H3. The summed E-state index contributed by atoms with van der Waals surface area (Å²) in [4.78, 5) is 6.50. The fourth-order valence-corrected chi connectivity index (χ4v) is 2.15.